The highest BCUT2D eigenvalue weighted by Gasteiger charge is 2.22. The smallest absolute Gasteiger partial charge is 0.320 e. The minimum Gasteiger partial charge on any atom is -0.486 e. The molecule has 0 unspecified atom stereocenters. The van der Waals surface area contributed by atoms with E-state index in [4.69, 9.17) is 25.8 Å². The van der Waals surface area contributed by atoms with E-state index in [0.717, 1.165) is 0 Å². The molecule has 236 valence electrons. The van der Waals surface area contributed by atoms with Crippen molar-refractivity contribution in [2.24, 2.45) is 0 Å². The Morgan fingerprint density at radius 3 is 2.75 bits per heavy atom. The number of hydrogen-bond acceptors (Lipinski definition) is 10. The molecule has 1 aliphatic rings. The van der Waals surface area contributed by atoms with Gasteiger partial charge in [0.25, 0.3) is 0 Å². The fourth-order valence-electron chi connectivity index (χ4n) is 4.49. The molecule has 1 saturated heterocycles. The Morgan fingerprint density at radius 2 is 2.07 bits per heavy atom. The summed E-state index contributed by atoms with van der Waals surface area (Å²) in [6.07, 6.45) is 4.15. The van der Waals surface area contributed by atoms with Crippen LogP contribution in [0.4, 0.5) is 21.6 Å². The van der Waals surface area contributed by atoms with Gasteiger partial charge < -0.3 is 30.0 Å². The normalized spacial score (nSPS) is 16.0. The molecule has 0 bridgehead atoms. The summed E-state index contributed by atoms with van der Waals surface area (Å²) in [6.45, 7) is 8.34. The van der Waals surface area contributed by atoms with Crippen LogP contribution in [-0.4, -0.2) is 82.5 Å². The molecule has 13 heteroatoms. The van der Waals surface area contributed by atoms with Crippen molar-refractivity contribution in [2.45, 2.75) is 51.9 Å². The Labute approximate surface area is 260 Å². The van der Waals surface area contributed by atoms with Crippen LogP contribution >= 0.6 is 11.6 Å². The molecule has 0 saturated carbocycles. The van der Waals surface area contributed by atoms with Crippen LogP contribution < -0.4 is 15.4 Å². The lowest BCUT2D eigenvalue weighted by Crippen LogP contribution is -2.38. The third-order valence-corrected chi connectivity index (χ3v) is 6.58. The second-order valence-electron chi connectivity index (χ2n) is 11.5. The van der Waals surface area contributed by atoms with E-state index in [0.29, 0.717) is 53.5 Å². The van der Waals surface area contributed by atoms with Crippen LogP contribution in [0.5, 0.6) is 5.75 Å². The molecule has 1 fully saturated rings. The van der Waals surface area contributed by atoms with Gasteiger partial charge in [-0.25, -0.2) is 14.4 Å². The molecule has 1 aromatic heterocycles. The topological polar surface area (TPSA) is 135 Å². The molecule has 3 N–H and O–H groups in total. The number of hydrogen-bond donors (Lipinski definition) is 3. The number of aromatic nitrogens is 2. The monoisotopic (exact) mass is 629 g/mol. The molecule has 2 aromatic carbocycles. The number of carbonyl (C=O) groups is 2. The van der Waals surface area contributed by atoms with Crippen molar-refractivity contribution >= 4 is 51.6 Å². The van der Waals surface area contributed by atoms with Gasteiger partial charge in [0.15, 0.2) is 0 Å². The highest BCUT2D eigenvalue weighted by Crippen LogP contribution is 2.35. The predicted octanol–water partition coefficient (Wildman–Crippen LogP) is 4.85. The zero-order valence-corrected chi connectivity index (χ0v) is 25.9. The van der Waals surface area contributed by atoms with Crippen molar-refractivity contribution in [1.82, 2.24) is 14.9 Å². The number of nitrogens with zero attached hydrogens (tertiary/aromatic N) is 3. The Hall–Kier alpha value is -3.84. The number of halogens is 2. The van der Waals surface area contributed by atoms with Crippen molar-refractivity contribution in [2.75, 3.05) is 43.5 Å². The van der Waals surface area contributed by atoms with Crippen molar-refractivity contribution in [3.63, 3.8) is 0 Å². The summed E-state index contributed by atoms with van der Waals surface area (Å²) in [5.41, 5.74) is 0.805. The lowest BCUT2D eigenvalue weighted by atomic mass is 10.1. The maximum Gasteiger partial charge on any atom is 0.320 e. The van der Waals surface area contributed by atoms with Crippen molar-refractivity contribution in [3.8, 4) is 5.75 Å². The summed E-state index contributed by atoms with van der Waals surface area (Å²) in [4.78, 5) is 35.8. The van der Waals surface area contributed by atoms with Crippen LogP contribution in [0, 0.1) is 5.82 Å². The molecule has 0 aliphatic carbocycles. The highest BCUT2D eigenvalue weighted by atomic mass is 35.5. The zero-order chi connectivity index (χ0) is 31.9. The fraction of sp³-hybridized carbons (Fsp3) is 0.419. The molecule has 44 heavy (non-hydrogen) atoms. The van der Waals surface area contributed by atoms with Crippen molar-refractivity contribution < 1.29 is 33.3 Å². The van der Waals surface area contributed by atoms with E-state index in [1.165, 1.54) is 30.6 Å². The minimum atomic E-state index is -0.688. The highest BCUT2D eigenvalue weighted by molar-refractivity contribution is 6.31. The predicted molar refractivity (Wildman–Crippen MR) is 166 cm³/mol. The van der Waals surface area contributed by atoms with Crippen molar-refractivity contribution in [1.29, 1.82) is 0 Å². The summed E-state index contributed by atoms with van der Waals surface area (Å²) in [5, 5.41) is 16.4. The molecule has 1 amide bonds. The number of aliphatic hydroxyl groups excluding tert-OH is 1. The molecular formula is C31H37ClFN5O6. The van der Waals surface area contributed by atoms with E-state index in [1.807, 2.05) is 0 Å². The van der Waals surface area contributed by atoms with E-state index in [2.05, 4.69) is 20.6 Å². The second-order valence-corrected chi connectivity index (χ2v) is 11.9. The number of anilines is 3. The molecule has 1 aliphatic heterocycles. The summed E-state index contributed by atoms with van der Waals surface area (Å²) < 4.78 is 30.7. The quantitative estimate of drug-likeness (QED) is 0.188. The van der Waals surface area contributed by atoms with Crippen LogP contribution in [0.1, 0.15) is 34.1 Å². The van der Waals surface area contributed by atoms with E-state index in [-0.39, 0.29) is 30.8 Å². The van der Waals surface area contributed by atoms with Crippen LogP contribution in [0.15, 0.2) is 48.8 Å². The lowest BCUT2D eigenvalue weighted by Gasteiger charge is -2.25. The first-order chi connectivity index (χ1) is 20.9. The van der Waals surface area contributed by atoms with Crippen LogP contribution in [-0.2, 0) is 19.1 Å². The average molecular weight is 630 g/mol. The summed E-state index contributed by atoms with van der Waals surface area (Å²) in [7, 11) is 0. The van der Waals surface area contributed by atoms with Gasteiger partial charge in [-0.05, 0) is 52.0 Å². The third kappa shape index (κ3) is 9.84. The van der Waals surface area contributed by atoms with Gasteiger partial charge >= 0.3 is 5.97 Å². The van der Waals surface area contributed by atoms with Crippen LogP contribution in [0.2, 0.25) is 5.02 Å². The third-order valence-electron chi connectivity index (χ3n) is 6.29. The molecule has 11 nitrogen and oxygen atoms in total. The number of aliphatic hydroxyl groups is 1. The number of esters is 1. The number of fused-ring (bicyclic) bond motifs is 1. The van der Waals surface area contributed by atoms with Gasteiger partial charge in [-0.2, -0.15) is 0 Å². The van der Waals surface area contributed by atoms with Gasteiger partial charge in [-0.1, -0.05) is 17.7 Å². The fourth-order valence-corrected chi connectivity index (χ4v) is 4.67. The number of ether oxygens (including phenoxy) is 3. The SMILES string of the molecule is C[C@H](O)CN(C/C=C/C(=O)Nc1cc2c(Nc3ccc(F)c(Cl)c3)ncnc2cc1O[C@H]1CCOC1)CC(=O)OC(C)(C)C. The number of nitrogens with one attached hydrogen (secondary N) is 2. The van der Waals surface area contributed by atoms with Gasteiger partial charge in [0.2, 0.25) is 5.91 Å². The number of rotatable bonds is 12. The van der Waals surface area contributed by atoms with Gasteiger partial charge in [-0.3, -0.25) is 14.5 Å². The van der Waals surface area contributed by atoms with E-state index < -0.39 is 29.4 Å². The molecule has 3 aromatic rings. The Bertz CT molecular complexity index is 1510. The standard InChI is InChI=1S/C31H37ClFN5O6/c1-19(39)15-38(16-29(41)44-31(2,3)4)10-5-6-28(40)37-26-13-22-25(14-27(26)43-21-9-11-42-17-21)34-18-35-30(22)36-20-7-8-24(33)23(32)12-20/h5-8,12-14,18-19,21,39H,9-11,15-17H2,1-4H3,(H,37,40)(H,34,35,36)/b6-5+/t19-,21-/m0/s1. The van der Waals surface area contributed by atoms with Crippen LogP contribution in [0.3, 0.4) is 0 Å². The largest absolute Gasteiger partial charge is 0.486 e. The van der Waals surface area contributed by atoms with E-state index >= 15 is 0 Å². The Morgan fingerprint density at radius 1 is 1.27 bits per heavy atom. The minimum absolute atomic E-state index is 0.0410. The average Bonchev–Trinajstić information content (AvgIpc) is 3.43. The molecule has 0 radical (unpaired) electrons. The summed E-state index contributed by atoms with van der Waals surface area (Å²) in [6, 6.07) is 7.63. The van der Waals surface area contributed by atoms with Gasteiger partial charge in [-0.15, -0.1) is 0 Å². The summed E-state index contributed by atoms with van der Waals surface area (Å²) in [5.74, 6) is -0.596. The van der Waals surface area contributed by atoms with Crippen LogP contribution in [0.25, 0.3) is 10.9 Å². The second kappa shape index (κ2) is 14.8. The molecular weight excluding hydrogens is 593 g/mol. The maximum absolute atomic E-state index is 13.7. The molecule has 2 atom stereocenters. The molecule has 2 heterocycles. The van der Waals surface area contributed by atoms with Gasteiger partial charge in [0.05, 0.1) is 42.1 Å². The first-order valence-electron chi connectivity index (χ1n) is 14.2. The molecule has 4 rings (SSSR count). The number of benzene rings is 2. The number of amides is 1. The Balaban J connectivity index is 1.55. The Kier molecular flexibility index (Phi) is 11.1. The zero-order valence-electron chi connectivity index (χ0n) is 25.1. The first kappa shape index (κ1) is 33.1. The first-order valence-corrected chi connectivity index (χ1v) is 14.6. The van der Waals surface area contributed by atoms with Crippen molar-refractivity contribution in [3.05, 3.63) is 59.7 Å². The van der Waals surface area contributed by atoms with E-state index in [1.54, 1.807) is 50.8 Å². The van der Waals surface area contributed by atoms with Gasteiger partial charge in [0, 0.05) is 42.7 Å². The molecule has 0 spiro atoms. The lowest BCUT2D eigenvalue weighted by molar-refractivity contribution is -0.156. The number of carbonyl (C=O) groups excluding carboxylic acids is 2. The maximum atomic E-state index is 13.7. The van der Waals surface area contributed by atoms with Gasteiger partial charge in [0.1, 0.15) is 35.4 Å². The summed E-state index contributed by atoms with van der Waals surface area (Å²) >= 11 is 5.95. The van der Waals surface area contributed by atoms with E-state index in [9.17, 15) is 19.1 Å².